The van der Waals surface area contributed by atoms with Crippen molar-refractivity contribution in [1.29, 1.82) is 0 Å². The number of aromatic nitrogens is 1. The lowest BCUT2D eigenvalue weighted by Gasteiger charge is -2.55. The quantitative estimate of drug-likeness (QED) is 0.139. The molecule has 10 atom stereocenters. The van der Waals surface area contributed by atoms with E-state index in [1.807, 2.05) is 24.4 Å². The summed E-state index contributed by atoms with van der Waals surface area (Å²) in [6.45, 7) is 8.27. The van der Waals surface area contributed by atoms with Crippen LogP contribution in [0.2, 0.25) is 0 Å². The molecule has 10 unspecified atom stereocenters. The molecule has 1 aliphatic heterocycles. The van der Waals surface area contributed by atoms with Crippen LogP contribution in [0.1, 0.15) is 102 Å². The molecule has 10 nitrogen and oxygen atoms in total. The Balaban J connectivity index is 1.27. The number of aryl methyl sites for hydroxylation is 1. The zero-order valence-electron chi connectivity index (χ0n) is 32.2. The molecule has 0 amide bonds. The molecular weight excluding hydrogens is 670 g/mol. The molecule has 290 valence electrons. The van der Waals surface area contributed by atoms with Crippen LogP contribution in [0.5, 0.6) is 11.5 Å². The molecule has 0 radical (unpaired) electrons. The standard InChI is InChI=1S/C43H61N3O7/c1-24(2)35-21-38-34(39-7-6-13-45-39)11-10-33-31(23-47)16-30(15-29(35)17-37(33)38)41(53-26(4)49)20-32(52-25(3)48)9-8-27-18-42(51-5)40(50)22-36(27)28-12-14-46-43(44)19-28/h6-7,12-13,18-19,22,24,29-35,37-38,41,45-47,50H,8-11,14-17,20-21,23,44H2,1-5H3. The van der Waals surface area contributed by atoms with Gasteiger partial charge in [-0.15, -0.1) is 0 Å². The summed E-state index contributed by atoms with van der Waals surface area (Å²) in [6.07, 6.45) is 12.5. The van der Waals surface area contributed by atoms with Gasteiger partial charge < -0.3 is 40.5 Å². The van der Waals surface area contributed by atoms with Crippen LogP contribution in [0, 0.1) is 47.3 Å². The fourth-order valence-corrected chi connectivity index (χ4v) is 10.9. The smallest absolute Gasteiger partial charge is 0.302 e. The van der Waals surface area contributed by atoms with Gasteiger partial charge in [0.2, 0.25) is 0 Å². The maximum atomic E-state index is 12.8. The van der Waals surface area contributed by atoms with Crippen molar-refractivity contribution in [2.75, 3.05) is 20.3 Å². The van der Waals surface area contributed by atoms with Crippen LogP contribution in [0.3, 0.4) is 0 Å². The highest BCUT2D eigenvalue weighted by atomic mass is 16.6. The summed E-state index contributed by atoms with van der Waals surface area (Å²) < 4.78 is 17.7. The summed E-state index contributed by atoms with van der Waals surface area (Å²) in [5, 5.41) is 24.8. The van der Waals surface area contributed by atoms with Gasteiger partial charge in [-0.25, -0.2) is 0 Å². The Bertz CT molecular complexity index is 1630. The molecule has 10 heteroatoms. The van der Waals surface area contributed by atoms with Crippen LogP contribution < -0.4 is 15.8 Å². The van der Waals surface area contributed by atoms with Crippen LogP contribution in [0.25, 0.3) is 5.57 Å². The summed E-state index contributed by atoms with van der Waals surface area (Å²) in [5.41, 5.74) is 10.1. The molecule has 53 heavy (non-hydrogen) atoms. The second-order valence-corrected chi connectivity index (χ2v) is 16.6. The number of allylic oxidation sites excluding steroid dienone is 2. The number of nitrogens with one attached hydrogen (secondary N) is 2. The molecule has 0 spiro atoms. The Morgan fingerprint density at radius 1 is 1.02 bits per heavy atom. The zero-order chi connectivity index (χ0) is 37.8. The lowest BCUT2D eigenvalue weighted by Crippen LogP contribution is -2.49. The third-order valence-corrected chi connectivity index (χ3v) is 13.1. The average Bonchev–Trinajstić information content (AvgIpc) is 3.65. The van der Waals surface area contributed by atoms with E-state index in [-0.39, 0.29) is 36.1 Å². The number of ether oxygens (including phenoxy) is 3. The highest BCUT2D eigenvalue weighted by Gasteiger charge is 2.51. The number of phenols is 1. The minimum atomic E-state index is -0.522. The summed E-state index contributed by atoms with van der Waals surface area (Å²) >= 11 is 0. The number of carbonyl (C=O) groups is 2. The fourth-order valence-electron chi connectivity index (χ4n) is 10.9. The van der Waals surface area contributed by atoms with Gasteiger partial charge in [0.1, 0.15) is 12.2 Å². The Labute approximate surface area is 314 Å². The predicted octanol–water partition coefficient (Wildman–Crippen LogP) is 6.83. The van der Waals surface area contributed by atoms with Crippen molar-refractivity contribution in [2.24, 2.45) is 53.1 Å². The molecule has 2 aromatic rings. The summed E-state index contributed by atoms with van der Waals surface area (Å²) in [7, 11) is 1.52. The minimum absolute atomic E-state index is 0.0244. The first kappa shape index (κ1) is 38.8. The van der Waals surface area contributed by atoms with Crippen LogP contribution in [-0.4, -0.2) is 59.6 Å². The second-order valence-electron chi connectivity index (χ2n) is 16.6. The molecule has 4 aliphatic rings. The molecule has 1 aromatic carbocycles. The number of dihydropyridines is 1. The molecule has 2 bridgehead atoms. The number of esters is 2. The maximum absolute atomic E-state index is 12.8. The number of hydrogen-bond acceptors (Lipinski definition) is 9. The summed E-state index contributed by atoms with van der Waals surface area (Å²) in [6, 6.07) is 7.89. The number of rotatable bonds is 13. The van der Waals surface area contributed by atoms with E-state index in [1.54, 1.807) is 6.07 Å². The van der Waals surface area contributed by atoms with Crippen LogP contribution in [0.15, 0.2) is 48.4 Å². The first-order valence-electron chi connectivity index (χ1n) is 19.9. The number of nitrogens with two attached hydrogens (primary N) is 1. The number of benzene rings is 1. The molecule has 2 heterocycles. The van der Waals surface area contributed by atoms with Crippen molar-refractivity contribution in [1.82, 2.24) is 10.3 Å². The summed E-state index contributed by atoms with van der Waals surface area (Å²) in [5.74, 6) is 4.00. The number of aromatic hydroxyl groups is 1. The van der Waals surface area contributed by atoms with Crippen molar-refractivity contribution in [2.45, 2.75) is 104 Å². The Morgan fingerprint density at radius 2 is 1.81 bits per heavy atom. The van der Waals surface area contributed by atoms with E-state index in [2.05, 4.69) is 36.3 Å². The lowest BCUT2D eigenvalue weighted by atomic mass is 9.50. The molecule has 3 aliphatic carbocycles. The Morgan fingerprint density at radius 3 is 2.47 bits per heavy atom. The van der Waals surface area contributed by atoms with Gasteiger partial charge in [-0.2, -0.15) is 0 Å². The van der Waals surface area contributed by atoms with Crippen molar-refractivity contribution in [3.63, 3.8) is 0 Å². The number of carbonyl (C=O) groups excluding carboxylic acids is 2. The van der Waals surface area contributed by atoms with Crippen molar-refractivity contribution < 1.29 is 34.0 Å². The molecule has 6 rings (SSSR count). The Hall–Kier alpha value is -3.92. The average molecular weight is 732 g/mol. The number of hydrogen-bond donors (Lipinski definition) is 5. The number of aromatic amines is 1. The SMILES string of the molecule is COc1cc(CCC(CC(OC(C)=O)C2CC3CC4C(CCC(c5ccc[nH]5)C4CC3C(C)C)C(CO)C2)OC(C)=O)c(C2=CCNC(N)=C2)cc1O. The molecule has 3 saturated carbocycles. The largest absolute Gasteiger partial charge is 0.504 e. The van der Waals surface area contributed by atoms with Gasteiger partial charge in [0, 0.05) is 51.2 Å². The first-order valence-corrected chi connectivity index (χ1v) is 19.9. The van der Waals surface area contributed by atoms with Crippen LogP contribution >= 0.6 is 0 Å². The van der Waals surface area contributed by atoms with Crippen molar-refractivity contribution in [3.05, 3.63) is 65.3 Å². The molecule has 1 aromatic heterocycles. The van der Waals surface area contributed by atoms with Gasteiger partial charge in [-0.05, 0) is 146 Å². The van der Waals surface area contributed by atoms with E-state index >= 15 is 0 Å². The number of phenolic OH excluding ortho intramolecular Hbond substituents is 1. The minimum Gasteiger partial charge on any atom is -0.504 e. The maximum Gasteiger partial charge on any atom is 0.302 e. The number of aliphatic hydroxyl groups excluding tert-OH is 1. The van der Waals surface area contributed by atoms with Gasteiger partial charge in [0.25, 0.3) is 0 Å². The monoisotopic (exact) mass is 731 g/mol. The third kappa shape index (κ3) is 8.90. The highest BCUT2D eigenvalue weighted by molar-refractivity contribution is 5.79. The van der Waals surface area contributed by atoms with E-state index in [1.165, 1.54) is 33.1 Å². The molecular formula is C43H61N3O7. The van der Waals surface area contributed by atoms with E-state index in [0.717, 1.165) is 48.8 Å². The second kappa shape index (κ2) is 17.0. The van der Waals surface area contributed by atoms with E-state index in [0.29, 0.717) is 78.8 Å². The normalized spacial score (nSPS) is 29.4. The van der Waals surface area contributed by atoms with E-state index < -0.39 is 12.2 Å². The van der Waals surface area contributed by atoms with Gasteiger partial charge in [0.05, 0.1) is 12.9 Å². The van der Waals surface area contributed by atoms with Gasteiger partial charge in [-0.3, -0.25) is 9.59 Å². The third-order valence-electron chi connectivity index (χ3n) is 13.1. The summed E-state index contributed by atoms with van der Waals surface area (Å²) in [4.78, 5) is 28.9. The number of H-pyrrole nitrogens is 1. The topological polar surface area (TPSA) is 156 Å². The Kier molecular flexibility index (Phi) is 12.5. The van der Waals surface area contributed by atoms with Crippen LogP contribution in [-0.2, 0) is 25.5 Å². The van der Waals surface area contributed by atoms with E-state index in [4.69, 9.17) is 19.9 Å². The lowest BCUT2D eigenvalue weighted by molar-refractivity contribution is -0.158. The number of aliphatic hydroxyl groups is 1. The van der Waals surface area contributed by atoms with Gasteiger partial charge in [0.15, 0.2) is 11.5 Å². The van der Waals surface area contributed by atoms with Crippen LogP contribution in [0.4, 0.5) is 0 Å². The number of methoxy groups -OCH3 is 1. The fraction of sp³-hybridized carbons (Fsp3) is 0.628. The van der Waals surface area contributed by atoms with Crippen molar-refractivity contribution >= 4 is 17.5 Å². The highest BCUT2D eigenvalue weighted by Crippen LogP contribution is 2.59. The number of fused-ring (bicyclic) bond motifs is 1. The van der Waals surface area contributed by atoms with E-state index in [9.17, 15) is 19.8 Å². The van der Waals surface area contributed by atoms with Crippen molar-refractivity contribution in [3.8, 4) is 11.5 Å². The van der Waals surface area contributed by atoms with Gasteiger partial charge >= 0.3 is 11.9 Å². The zero-order valence-corrected chi connectivity index (χ0v) is 32.2. The predicted molar refractivity (Wildman–Crippen MR) is 205 cm³/mol. The molecule has 3 fully saturated rings. The first-order chi connectivity index (χ1) is 25.4. The molecule has 0 saturated heterocycles. The molecule has 6 N–H and O–H groups in total. The van der Waals surface area contributed by atoms with Gasteiger partial charge in [-0.1, -0.05) is 19.9 Å².